The Hall–Kier alpha value is -0.980. The average Bonchev–Trinajstić information content (AvgIpc) is 2.94. The second-order valence-electron chi connectivity index (χ2n) is 5.04. The summed E-state index contributed by atoms with van der Waals surface area (Å²) in [6.07, 6.45) is 0.906. The van der Waals surface area contributed by atoms with Gasteiger partial charge in [-0.3, -0.25) is 9.69 Å². The topological polar surface area (TPSA) is 49.6 Å². The van der Waals surface area contributed by atoms with Gasteiger partial charge < -0.3 is 10.6 Å². The van der Waals surface area contributed by atoms with Crippen molar-refractivity contribution in [3.63, 3.8) is 0 Å². The van der Waals surface area contributed by atoms with Crippen LogP contribution in [0, 0.1) is 0 Å². The fraction of sp³-hybridized carbons (Fsp3) is 0.571. The molecule has 1 aliphatic rings. The zero-order chi connectivity index (χ0) is 14.7. The molecule has 0 bridgehead atoms. The Kier molecular flexibility index (Phi) is 5.12. The van der Waals surface area contributed by atoms with Crippen LogP contribution >= 0.6 is 23.6 Å². The van der Waals surface area contributed by atoms with Gasteiger partial charge in [0.1, 0.15) is 0 Å². The molecule has 20 heavy (non-hydrogen) atoms. The Morgan fingerprint density at radius 3 is 2.65 bits per heavy atom. The second kappa shape index (κ2) is 6.65. The average molecular weight is 311 g/mol. The van der Waals surface area contributed by atoms with Gasteiger partial charge in [-0.25, -0.2) is 0 Å². The molecule has 1 unspecified atom stereocenters. The van der Waals surface area contributed by atoms with Crippen molar-refractivity contribution in [2.24, 2.45) is 5.73 Å². The molecular formula is C14H21N3OS2. The summed E-state index contributed by atoms with van der Waals surface area (Å²) in [7, 11) is 0. The molecule has 1 atom stereocenters. The number of hydrogen-bond donors (Lipinski definition) is 1. The smallest absolute Gasteiger partial charge is 0.264 e. The SMILES string of the molecule is CCc1ccsc1C(=O)N1CCN(C(C)C(N)=S)CC1. The van der Waals surface area contributed by atoms with Crippen LogP contribution in [-0.2, 0) is 6.42 Å². The summed E-state index contributed by atoms with van der Waals surface area (Å²) in [5.41, 5.74) is 6.84. The third kappa shape index (κ3) is 3.19. The first-order valence-electron chi connectivity index (χ1n) is 6.93. The number of thiophene rings is 1. The van der Waals surface area contributed by atoms with Gasteiger partial charge in [0.15, 0.2) is 0 Å². The standard InChI is InChI=1S/C14H21N3OS2/c1-3-11-4-9-20-12(11)14(18)17-7-5-16(6-8-17)10(2)13(15)19/h4,9-10H,3,5-8H2,1-2H3,(H2,15,19). The van der Waals surface area contributed by atoms with Crippen LogP contribution in [0.2, 0.25) is 0 Å². The Bertz CT molecular complexity index is 492. The van der Waals surface area contributed by atoms with Crippen LogP contribution in [0.3, 0.4) is 0 Å². The second-order valence-corrected chi connectivity index (χ2v) is 6.42. The van der Waals surface area contributed by atoms with Gasteiger partial charge in [-0.15, -0.1) is 11.3 Å². The van der Waals surface area contributed by atoms with Crippen LogP contribution in [0.15, 0.2) is 11.4 Å². The largest absolute Gasteiger partial charge is 0.392 e. The van der Waals surface area contributed by atoms with Crippen molar-refractivity contribution in [1.82, 2.24) is 9.80 Å². The normalized spacial score (nSPS) is 18.0. The number of carbonyl (C=O) groups is 1. The van der Waals surface area contributed by atoms with Crippen LogP contribution in [0.5, 0.6) is 0 Å². The summed E-state index contributed by atoms with van der Waals surface area (Å²) in [4.78, 5) is 18.1. The first kappa shape index (κ1) is 15.4. The molecular weight excluding hydrogens is 290 g/mol. The number of amides is 1. The molecule has 6 heteroatoms. The Morgan fingerprint density at radius 1 is 1.45 bits per heavy atom. The van der Waals surface area contributed by atoms with Gasteiger partial charge in [0.2, 0.25) is 0 Å². The van der Waals surface area contributed by atoms with E-state index in [4.69, 9.17) is 18.0 Å². The minimum absolute atomic E-state index is 0.107. The predicted molar refractivity (Wildman–Crippen MR) is 87.4 cm³/mol. The van der Waals surface area contributed by atoms with Gasteiger partial charge in [0.05, 0.1) is 15.9 Å². The van der Waals surface area contributed by atoms with Crippen molar-refractivity contribution >= 4 is 34.5 Å². The maximum absolute atomic E-state index is 12.5. The van der Waals surface area contributed by atoms with Crippen molar-refractivity contribution in [3.8, 4) is 0 Å². The molecule has 4 nitrogen and oxygen atoms in total. The summed E-state index contributed by atoms with van der Waals surface area (Å²) in [6.45, 7) is 7.25. The highest BCUT2D eigenvalue weighted by Gasteiger charge is 2.26. The van der Waals surface area contributed by atoms with Crippen molar-refractivity contribution in [2.75, 3.05) is 26.2 Å². The summed E-state index contributed by atoms with van der Waals surface area (Å²) in [5, 5.41) is 2.00. The minimum Gasteiger partial charge on any atom is -0.392 e. The maximum Gasteiger partial charge on any atom is 0.264 e. The van der Waals surface area contributed by atoms with Crippen molar-refractivity contribution in [2.45, 2.75) is 26.3 Å². The third-order valence-electron chi connectivity index (χ3n) is 3.88. The quantitative estimate of drug-likeness (QED) is 0.861. The number of carbonyl (C=O) groups excluding carboxylic acids is 1. The number of thiocarbonyl (C=S) groups is 1. The van der Waals surface area contributed by atoms with E-state index in [0.29, 0.717) is 4.99 Å². The molecule has 1 aromatic rings. The van der Waals surface area contributed by atoms with E-state index in [0.717, 1.165) is 43.0 Å². The summed E-state index contributed by atoms with van der Waals surface area (Å²) in [6, 6.07) is 2.15. The fourth-order valence-electron chi connectivity index (χ4n) is 2.44. The fourth-order valence-corrected chi connectivity index (χ4v) is 3.55. The lowest BCUT2D eigenvalue weighted by Gasteiger charge is -2.37. The monoisotopic (exact) mass is 311 g/mol. The molecule has 0 aliphatic carbocycles. The van der Waals surface area contributed by atoms with E-state index in [-0.39, 0.29) is 11.9 Å². The number of piperazine rings is 1. The van der Waals surface area contributed by atoms with Crippen LogP contribution in [0.4, 0.5) is 0 Å². The maximum atomic E-state index is 12.5. The molecule has 2 heterocycles. The Morgan fingerprint density at radius 2 is 2.10 bits per heavy atom. The Balaban J connectivity index is 1.97. The molecule has 2 rings (SSSR count). The van der Waals surface area contributed by atoms with Crippen LogP contribution in [0.1, 0.15) is 29.1 Å². The first-order valence-corrected chi connectivity index (χ1v) is 8.22. The summed E-state index contributed by atoms with van der Waals surface area (Å²) in [5.74, 6) is 0.166. The molecule has 1 amide bonds. The molecule has 110 valence electrons. The van der Waals surface area contributed by atoms with Gasteiger partial charge in [0, 0.05) is 26.2 Å². The van der Waals surface area contributed by atoms with Crippen LogP contribution < -0.4 is 5.73 Å². The number of aryl methyl sites for hydroxylation is 1. The van der Waals surface area contributed by atoms with E-state index < -0.39 is 0 Å². The lowest BCUT2D eigenvalue weighted by molar-refractivity contribution is 0.0625. The highest BCUT2D eigenvalue weighted by Crippen LogP contribution is 2.20. The van der Waals surface area contributed by atoms with Crippen molar-refractivity contribution in [3.05, 3.63) is 21.9 Å². The van der Waals surface area contributed by atoms with E-state index in [1.165, 1.54) is 0 Å². The van der Waals surface area contributed by atoms with E-state index >= 15 is 0 Å². The molecule has 0 radical (unpaired) electrons. The zero-order valence-corrected chi connectivity index (χ0v) is 13.6. The number of nitrogens with two attached hydrogens (primary N) is 1. The van der Waals surface area contributed by atoms with Gasteiger partial charge in [-0.1, -0.05) is 19.1 Å². The molecule has 0 spiro atoms. The van der Waals surface area contributed by atoms with Crippen molar-refractivity contribution < 1.29 is 4.79 Å². The number of rotatable bonds is 4. The summed E-state index contributed by atoms with van der Waals surface area (Å²) >= 11 is 6.58. The first-order chi connectivity index (χ1) is 9.54. The molecule has 1 aliphatic heterocycles. The van der Waals surface area contributed by atoms with Crippen LogP contribution in [0.25, 0.3) is 0 Å². The third-order valence-corrected chi connectivity index (χ3v) is 5.17. The highest BCUT2D eigenvalue weighted by atomic mass is 32.1. The molecule has 0 saturated carbocycles. The molecule has 1 saturated heterocycles. The van der Waals surface area contributed by atoms with E-state index in [1.807, 2.05) is 23.3 Å². The van der Waals surface area contributed by atoms with E-state index in [1.54, 1.807) is 11.3 Å². The van der Waals surface area contributed by atoms with E-state index in [2.05, 4.69) is 11.8 Å². The highest BCUT2D eigenvalue weighted by molar-refractivity contribution is 7.80. The Labute approximate surface area is 129 Å². The van der Waals surface area contributed by atoms with E-state index in [9.17, 15) is 4.79 Å². The molecule has 1 fully saturated rings. The van der Waals surface area contributed by atoms with Crippen molar-refractivity contribution in [1.29, 1.82) is 0 Å². The van der Waals surface area contributed by atoms with Gasteiger partial charge in [0.25, 0.3) is 5.91 Å². The van der Waals surface area contributed by atoms with Gasteiger partial charge in [-0.05, 0) is 30.4 Å². The molecule has 1 aromatic heterocycles. The van der Waals surface area contributed by atoms with Gasteiger partial charge >= 0.3 is 0 Å². The van der Waals surface area contributed by atoms with Gasteiger partial charge in [-0.2, -0.15) is 0 Å². The summed E-state index contributed by atoms with van der Waals surface area (Å²) < 4.78 is 0. The molecule has 2 N–H and O–H groups in total. The lowest BCUT2D eigenvalue weighted by atomic mass is 10.1. The molecule has 0 aromatic carbocycles. The lowest BCUT2D eigenvalue weighted by Crippen LogP contribution is -2.53. The minimum atomic E-state index is 0.107. The predicted octanol–water partition coefficient (Wildman–Crippen LogP) is 1.74. The number of hydrogen-bond acceptors (Lipinski definition) is 4. The van der Waals surface area contributed by atoms with Crippen LogP contribution in [-0.4, -0.2) is 52.9 Å². The zero-order valence-electron chi connectivity index (χ0n) is 12.0. The number of nitrogens with zero attached hydrogens (tertiary/aromatic N) is 2.